The molecular weight excluding hydrogens is 425 g/mol. The second kappa shape index (κ2) is 10.7. The predicted molar refractivity (Wildman–Crippen MR) is 120 cm³/mol. The summed E-state index contributed by atoms with van der Waals surface area (Å²) >= 11 is 12.0. The van der Waals surface area contributed by atoms with Crippen LogP contribution in [0.15, 0.2) is 24.3 Å². The third-order valence-electron chi connectivity index (χ3n) is 6.06. The second-order valence-electron chi connectivity index (χ2n) is 7.93. The monoisotopic (exact) mass is 453 g/mol. The van der Waals surface area contributed by atoms with Gasteiger partial charge in [-0.15, -0.1) is 0 Å². The van der Waals surface area contributed by atoms with Crippen LogP contribution in [-0.4, -0.2) is 77.5 Å². The number of nitrogens with one attached hydrogen (secondary N) is 1. The molecule has 2 aliphatic rings. The van der Waals surface area contributed by atoms with Gasteiger partial charge in [-0.25, -0.2) is 0 Å². The maximum atomic E-state index is 13.2. The van der Waals surface area contributed by atoms with E-state index in [-0.39, 0.29) is 36.4 Å². The lowest BCUT2D eigenvalue weighted by Gasteiger charge is -2.36. The van der Waals surface area contributed by atoms with Crippen LogP contribution in [0, 0.1) is 0 Å². The quantitative estimate of drug-likeness (QED) is 0.591. The molecule has 0 bridgehead atoms. The highest BCUT2D eigenvalue weighted by Crippen LogP contribution is 2.25. The Morgan fingerprint density at radius 3 is 2.87 bits per heavy atom. The minimum atomic E-state index is -0.333. The lowest BCUT2D eigenvalue weighted by molar-refractivity contribution is -0.128. The van der Waals surface area contributed by atoms with Crippen molar-refractivity contribution < 1.29 is 14.7 Å². The van der Waals surface area contributed by atoms with Crippen molar-refractivity contribution >= 4 is 41.0 Å². The number of carbonyl (C=O) groups excluding carboxylic acids is 2. The minimum absolute atomic E-state index is 0.000552. The highest BCUT2D eigenvalue weighted by atomic mass is 35.5. The summed E-state index contributed by atoms with van der Waals surface area (Å²) < 4.78 is 0. The van der Waals surface area contributed by atoms with E-state index in [4.69, 9.17) is 23.2 Å². The molecule has 2 unspecified atom stereocenters. The Morgan fingerprint density at radius 2 is 2.13 bits per heavy atom. The Bertz CT molecular complexity index is 802. The first-order chi connectivity index (χ1) is 14.4. The van der Waals surface area contributed by atoms with Crippen LogP contribution in [0.25, 0.3) is 6.08 Å². The fourth-order valence-electron chi connectivity index (χ4n) is 4.26. The summed E-state index contributed by atoms with van der Waals surface area (Å²) in [5.74, 6) is 0.0218. The number of rotatable bonds is 8. The number of nitrogens with zero attached hydrogens (tertiary/aromatic N) is 2. The molecule has 8 heteroatoms. The lowest BCUT2D eigenvalue weighted by atomic mass is 10.0. The van der Waals surface area contributed by atoms with E-state index in [0.717, 1.165) is 31.5 Å². The summed E-state index contributed by atoms with van der Waals surface area (Å²) in [5, 5.41) is 13.5. The van der Waals surface area contributed by atoms with Gasteiger partial charge in [0.1, 0.15) is 0 Å². The van der Waals surface area contributed by atoms with E-state index >= 15 is 0 Å². The van der Waals surface area contributed by atoms with Gasteiger partial charge in [0.05, 0.1) is 28.7 Å². The number of hydrogen-bond donors (Lipinski definition) is 2. The van der Waals surface area contributed by atoms with Crippen LogP contribution in [0.4, 0.5) is 0 Å². The van der Waals surface area contributed by atoms with Crippen molar-refractivity contribution in [3.05, 3.63) is 39.9 Å². The maximum absolute atomic E-state index is 13.2. The average molecular weight is 454 g/mol. The van der Waals surface area contributed by atoms with E-state index in [0.29, 0.717) is 29.6 Å². The van der Waals surface area contributed by atoms with Crippen molar-refractivity contribution in [2.75, 3.05) is 32.8 Å². The van der Waals surface area contributed by atoms with Crippen LogP contribution in [-0.2, 0) is 9.59 Å². The van der Waals surface area contributed by atoms with Crippen molar-refractivity contribution in [3.63, 3.8) is 0 Å². The van der Waals surface area contributed by atoms with Crippen molar-refractivity contribution in [1.29, 1.82) is 0 Å². The van der Waals surface area contributed by atoms with Gasteiger partial charge in [0.2, 0.25) is 5.91 Å². The smallest absolute Gasteiger partial charge is 0.237 e. The molecule has 0 aliphatic carbocycles. The first-order valence-electron chi connectivity index (χ1n) is 10.5. The fraction of sp³-hybridized carbons (Fsp3) is 0.545. The molecule has 2 fully saturated rings. The number of hydrogen-bond acceptors (Lipinski definition) is 5. The summed E-state index contributed by atoms with van der Waals surface area (Å²) in [7, 11) is 0. The molecule has 0 spiro atoms. The van der Waals surface area contributed by atoms with Gasteiger partial charge in [0.25, 0.3) is 0 Å². The van der Waals surface area contributed by atoms with Gasteiger partial charge in [-0.05, 0) is 56.5 Å². The van der Waals surface area contributed by atoms with Gasteiger partial charge < -0.3 is 10.4 Å². The first-order valence-corrected chi connectivity index (χ1v) is 11.2. The molecule has 2 N–H and O–H groups in total. The van der Waals surface area contributed by atoms with Gasteiger partial charge in [0, 0.05) is 25.7 Å². The number of aliphatic hydroxyl groups is 1. The standard InChI is InChI=1S/C22H29Cl2N3O3/c1-15-22(30)25-9-12-26(15)11-8-20(27-10-2-3-17(27)14-28)21(29)7-5-16-4-6-18(23)19(24)13-16/h4-7,13,15,17,20,28H,2-3,8-12,14H2,1H3,(H,25,30)/b7-5+/t15?,17-,20?/m0/s1. The van der Waals surface area contributed by atoms with Crippen LogP contribution in [0.2, 0.25) is 10.0 Å². The van der Waals surface area contributed by atoms with Crippen LogP contribution < -0.4 is 5.32 Å². The average Bonchev–Trinajstić information content (AvgIpc) is 3.20. The number of piperazine rings is 1. The van der Waals surface area contributed by atoms with E-state index in [2.05, 4.69) is 15.1 Å². The molecule has 3 atom stereocenters. The Balaban J connectivity index is 1.73. The van der Waals surface area contributed by atoms with Crippen LogP contribution in [0.1, 0.15) is 31.7 Å². The minimum Gasteiger partial charge on any atom is -0.395 e. The molecule has 1 aromatic rings. The zero-order valence-electron chi connectivity index (χ0n) is 17.2. The number of likely N-dealkylation sites (tertiary alicyclic amines) is 1. The SMILES string of the molecule is CC1C(=O)NCCN1CCC(C(=O)/C=C/c1ccc(Cl)c(Cl)c1)N1CCC[C@H]1CO. The second-order valence-corrected chi connectivity index (χ2v) is 8.75. The number of aliphatic hydroxyl groups excluding tert-OH is 1. The third-order valence-corrected chi connectivity index (χ3v) is 6.80. The lowest BCUT2D eigenvalue weighted by Crippen LogP contribution is -2.55. The molecule has 3 rings (SSSR count). The predicted octanol–water partition coefficient (Wildman–Crippen LogP) is 2.61. The topological polar surface area (TPSA) is 72.9 Å². The number of carbonyl (C=O) groups is 2. The molecule has 2 saturated heterocycles. The van der Waals surface area contributed by atoms with E-state index in [1.165, 1.54) is 0 Å². The zero-order valence-corrected chi connectivity index (χ0v) is 18.7. The number of halogens is 2. The number of amides is 1. The number of ketones is 1. The van der Waals surface area contributed by atoms with Gasteiger partial charge >= 0.3 is 0 Å². The van der Waals surface area contributed by atoms with E-state index in [9.17, 15) is 14.7 Å². The zero-order chi connectivity index (χ0) is 21.7. The highest BCUT2D eigenvalue weighted by Gasteiger charge is 2.34. The van der Waals surface area contributed by atoms with Crippen molar-refractivity contribution in [2.45, 2.75) is 44.3 Å². The molecule has 0 aromatic heterocycles. The van der Waals surface area contributed by atoms with E-state index in [1.807, 2.05) is 13.0 Å². The van der Waals surface area contributed by atoms with Crippen LogP contribution in [0.3, 0.4) is 0 Å². The highest BCUT2D eigenvalue weighted by molar-refractivity contribution is 6.42. The molecule has 30 heavy (non-hydrogen) atoms. The normalized spacial score (nSPS) is 24.3. The summed E-state index contributed by atoms with van der Waals surface area (Å²) in [6.07, 6.45) is 5.80. The third kappa shape index (κ3) is 5.62. The van der Waals surface area contributed by atoms with E-state index < -0.39 is 0 Å². The molecule has 0 radical (unpaired) electrons. The Kier molecular flexibility index (Phi) is 8.31. The molecular formula is C22H29Cl2N3O3. The van der Waals surface area contributed by atoms with E-state index in [1.54, 1.807) is 24.3 Å². The molecule has 0 saturated carbocycles. The fourth-order valence-corrected chi connectivity index (χ4v) is 4.57. The van der Waals surface area contributed by atoms with Crippen molar-refractivity contribution in [2.24, 2.45) is 0 Å². The molecule has 2 heterocycles. The summed E-state index contributed by atoms with van der Waals surface area (Å²) in [4.78, 5) is 29.4. The molecule has 6 nitrogen and oxygen atoms in total. The Morgan fingerprint density at radius 1 is 1.33 bits per heavy atom. The Labute approximate surface area is 187 Å². The Hall–Kier alpha value is -1.44. The molecule has 2 aliphatic heterocycles. The van der Waals surface area contributed by atoms with Crippen molar-refractivity contribution in [1.82, 2.24) is 15.1 Å². The number of benzene rings is 1. The summed E-state index contributed by atoms with van der Waals surface area (Å²) in [6, 6.07) is 4.71. The van der Waals surface area contributed by atoms with Crippen LogP contribution in [0.5, 0.6) is 0 Å². The van der Waals surface area contributed by atoms with Gasteiger partial charge in [0.15, 0.2) is 5.78 Å². The maximum Gasteiger partial charge on any atom is 0.237 e. The van der Waals surface area contributed by atoms with Gasteiger partial charge in [-0.3, -0.25) is 19.4 Å². The molecule has 1 aromatic carbocycles. The van der Waals surface area contributed by atoms with Gasteiger partial charge in [-0.1, -0.05) is 35.3 Å². The molecule has 164 valence electrons. The summed E-state index contributed by atoms with van der Waals surface area (Å²) in [6.45, 7) is 4.78. The van der Waals surface area contributed by atoms with Gasteiger partial charge in [-0.2, -0.15) is 0 Å². The molecule has 1 amide bonds. The summed E-state index contributed by atoms with van der Waals surface area (Å²) in [5.41, 5.74) is 0.804. The largest absolute Gasteiger partial charge is 0.395 e. The van der Waals surface area contributed by atoms with Crippen LogP contribution >= 0.6 is 23.2 Å². The van der Waals surface area contributed by atoms with Crippen molar-refractivity contribution in [3.8, 4) is 0 Å². The first kappa shape index (κ1) is 23.2.